The van der Waals surface area contributed by atoms with Crippen molar-refractivity contribution >= 4 is 5.91 Å². The third-order valence-corrected chi connectivity index (χ3v) is 2.68. The van der Waals surface area contributed by atoms with Crippen molar-refractivity contribution in [2.24, 2.45) is 5.92 Å². The number of carbonyl (C=O) groups is 1. The molecule has 0 aromatic carbocycles. The van der Waals surface area contributed by atoms with Crippen LogP contribution in [0.3, 0.4) is 0 Å². The zero-order valence-corrected chi connectivity index (χ0v) is 7.88. The van der Waals surface area contributed by atoms with E-state index in [2.05, 4.69) is 12.2 Å². The van der Waals surface area contributed by atoms with Gasteiger partial charge in [-0.3, -0.25) is 4.79 Å². The van der Waals surface area contributed by atoms with Gasteiger partial charge < -0.3 is 10.1 Å². The number of rotatable bonds is 2. The molecule has 13 heavy (non-hydrogen) atoms. The molecule has 1 saturated carbocycles. The molecule has 2 rings (SSSR count). The van der Waals surface area contributed by atoms with Gasteiger partial charge >= 0.3 is 0 Å². The fraction of sp³-hybridized carbons (Fsp3) is 0.700. The van der Waals surface area contributed by atoms with Crippen LogP contribution in [0.4, 0.5) is 0 Å². The quantitative estimate of drug-likeness (QED) is 0.686. The topological polar surface area (TPSA) is 38.3 Å². The van der Waals surface area contributed by atoms with Gasteiger partial charge in [0.05, 0.1) is 13.2 Å². The molecule has 1 aliphatic heterocycles. The van der Waals surface area contributed by atoms with Gasteiger partial charge in [0.15, 0.2) is 0 Å². The monoisotopic (exact) mass is 181 g/mol. The molecule has 1 heterocycles. The predicted octanol–water partition coefficient (Wildman–Crippen LogP) is 0.858. The van der Waals surface area contributed by atoms with E-state index in [0.29, 0.717) is 25.2 Å². The van der Waals surface area contributed by atoms with Crippen LogP contribution >= 0.6 is 0 Å². The lowest BCUT2D eigenvalue weighted by molar-refractivity contribution is -0.118. The van der Waals surface area contributed by atoms with E-state index in [9.17, 15) is 4.79 Å². The Morgan fingerprint density at radius 1 is 1.69 bits per heavy atom. The van der Waals surface area contributed by atoms with Gasteiger partial charge in [-0.05, 0) is 12.3 Å². The largest absolute Gasteiger partial charge is 0.377 e. The second-order valence-corrected chi connectivity index (χ2v) is 3.85. The van der Waals surface area contributed by atoms with Crippen LogP contribution in [0.1, 0.15) is 19.8 Å². The minimum Gasteiger partial charge on any atom is -0.377 e. The molecule has 0 bridgehead atoms. The van der Waals surface area contributed by atoms with Crippen LogP contribution in [0, 0.1) is 5.92 Å². The Morgan fingerprint density at radius 2 is 2.46 bits per heavy atom. The first-order valence-electron chi connectivity index (χ1n) is 4.85. The first kappa shape index (κ1) is 8.75. The van der Waals surface area contributed by atoms with Crippen molar-refractivity contribution in [1.82, 2.24) is 5.32 Å². The molecule has 1 N–H and O–H groups in total. The lowest BCUT2D eigenvalue weighted by Gasteiger charge is -2.13. The molecule has 0 aromatic heterocycles. The Kier molecular flexibility index (Phi) is 2.36. The molecule has 0 unspecified atom stereocenters. The summed E-state index contributed by atoms with van der Waals surface area (Å²) in [7, 11) is 0. The van der Waals surface area contributed by atoms with E-state index in [4.69, 9.17) is 4.74 Å². The molecule has 0 saturated heterocycles. The van der Waals surface area contributed by atoms with Gasteiger partial charge in [-0.1, -0.05) is 13.0 Å². The van der Waals surface area contributed by atoms with Gasteiger partial charge in [0.1, 0.15) is 0 Å². The molecule has 1 aliphatic carbocycles. The van der Waals surface area contributed by atoms with Crippen molar-refractivity contribution in [3.8, 4) is 0 Å². The van der Waals surface area contributed by atoms with E-state index < -0.39 is 0 Å². The van der Waals surface area contributed by atoms with Gasteiger partial charge in [-0.15, -0.1) is 0 Å². The van der Waals surface area contributed by atoms with E-state index in [-0.39, 0.29) is 5.91 Å². The maximum absolute atomic E-state index is 11.6. The third kappa shape index (κ3) is 2.10. The number of carbonyl (C=O) groups excluding carboxylic acids is 1. The van der Waals surface area contributed by atoms with Crippen LogP contribution in [-0.4, -0.2) is 25.2 Å². The number of hydrogen-bond donors (Lipinski definition) is 1. The summed E-state index contributed by atoms with van der Waals surface area (Å²) in [5, 5.41) is 3.01. The van der Waals surface area contributed by atoms with Crippen molar-refractivity contribution in [2.45, 2.75) is 25.8 Å². The molecule has 2 aliphatic rings. The predicted molar refractivity (Wildman–Crippen MR) is 49.2 cm³/mol. The highest BCUT2D eigenvalue weighted by atomic mass is 16.5. The molecule has 1 fully saturated rings. The Bertz CT molecular complexity index is 247. The molecule has 2 atom stereocenters. The second kappa shape index (κ2) is 3.50. The molecular weight excluding hydrogens is 166 g/mol. The fourth-order valence-corrected chi connectivity index (χ4v) is 1.52. The van der Waals surface area contributed by atoms with Gasteiger partial charge in [0.2, 0.25) is 5.91 Å². The summed E-state index contributed by atoms with van der Waals surface area (Å²) in [6.07, 6.45) is 3.77. The van der Waals surface area contributed by atoms with Crippen molar-refractivity contribution in [3.63, 3.8) is 0 Å². The molecule has 0 spiro atoms. The van der Waals surface area contributed by atoms with E-state index in [1.54, 1.807) is 0 Å². The van der Waals surface area contributed by atoms with Crippen LogP contribution < -0.4 is 5.32 Å². The zero-order chi connectivity index (χ0) is 9.26. The number of hydrogen-bond acceptors (Lipinski definition) is 2. The highest BCUT2D eigenvalue weighted by Crippen LogP contribution is 2.29. The number of amides is 1. The van der Waals surface area contributed by atoms with Crippen LogP contribution in [-0.2, 0) is 9.53 Å². The van der Waals surface area contributed by atoms with Gasteiger partial charge in [-0.25, -0.2) is 0 Å². The molecule has 0 radical (unpaired) electrons. The Hall–Kier alpha value is -0.830. The van der Waals surface area contributed by atoms with E-state index in [0.717, 1.165) is 18.4 Å². The summed E-state index contributed by atoms with van der Waals surface area (Å²) in [6, 6.07) is 0.427. The normalized spacial score (nSPS) is 32.2. The van der Waals surface area contributed by atoms with Crippen molar-refractivity contribution in [1.29, 1.82) is 0 Å². The van der Waals surface area contributed by atoms with Gasteiger partial charge in [0.25, 0.3) is 0 Å². The molecule has 1 amide bonds. The minimum atomic E-state index is 0.109. The van der Waals surface area contributed by atoms with Crippen molar-refractivity contribution in [3.05, 3.63) is 11.6 Å². The summed E-state index contributed by atoms with van der Waals surface area (Å²) in [6.45, 7) is 3.42. The second-order valence-electron chi connectivity index (χ2n) is 3.85. The average molecular weight is 181 g/mol. The van der Waals surface area contributed by atoms with Crippen LogP contribution in [0.15, 0.2) is 11.6 Å². The highest BCUT2D eigenvalue weighted by molar-refractivity contribution is 5.93. The maximum Gasteiger partial charge on any atom is 0.247 e. The van der Waals surface area contributed by atoms with Crippen LogP contribution in [0.2, 0.25) is 0 Å². The third-order valence-electron chi connectivity index (χ3n) is 2.68. The summed E-state index contributed by atoms with van der Waals surface area (Å²) >= 11 is 0. The standard InChI is InChI=1S/C10H15NO2/c1-7-6-9(7)11-10(12)8-2-4-13-5-3-8/h2,7,9H,3-6H2,1H3,(H,11,12)/t7-,9-/m1/s1. The SMILES string of the molecule is C[C@@H]1C[C@H]1NC(=O)C1=CCOCC1. The Morgan fingerprint density at radius 3 is 3.00 bits per heavy atom. The lowest BCUT2D eigenvalue weighted by atomic mass is 10.1. The Labute approximate surface area is 78.1 Å². The fourth-order valence-electron chi connectivity index (χ4n) is 1.52. The Balaban J connectivity index is 1.85. The highest BCUT2D eigenvalue weighted by Gasteiger charge is 2.34. The summed E-state index contributed by atoms with van der Waals surface area (Å²) in [4.78, 5) is 11.6. The molecule has 3 nitrogen and oxygen atoms in total. The van der Waals surface area contributed by atoms with Crippen LogP contribution in [0.25, 0.3) is 0 Å². The van der Waals surface area contributed by atoms with E-state index in [1.165, 1.54) is 0 Å². The summed E-state index contributed by atoms with van der Waals surface area (Å²) in [5.74, 6) is 0.780. The van der Waals surface area contributed by atoms with E-state index in [1.807, 2.05) is 6.08 Å². The lowest BCUT2D eigenvalue weighted by Crippen LogP contribution is -2.29. The van der Waals surface area contributed by atoms with Crippen molar-refractivity contribution in [2.75, 3.05) is 13.2 Å². The summed E-state index contributed by atoms with van der Waals surface area (Å²) in [5.41, 5.74) is 0.894. The van der Waals surface area contributed by atoms with Gasteiger partial charge in [0, 0.05) is 18.0 Å². The number of nitrogens with one attached hydrogen (secondary N) is 1. The molecule has 72 valence electrons. The zero-order valence-electron chi connectivity index (χ0n) is 7.88. The molecule has 0 aromatic rings. The first-order valence-corrected chi connectivity index (χ1v) is 4.85. The van der Waals surface area contributed by atoms with Crippen LogP contribution in [0.5, 0.6) is 0 Å². The molecular formula is C10H15NO2. The average Bonchev–Trinajstić information content (AvgIpc) is 2.83. The first-order chi connectivity index (χ1) is 6.27. The van der Waals surface area contributed by atoms with Crippen molar-refractivity contribution < 1.29 is 9.53 Å². The maximum atomic E-state index is 11.6. The van der Waals surface area contributed by atoms with E-state index >= 15 is 0 Å². The molecule has 3 heteroatoms. The number of ether oxygens (including phenoxy) is 1. The van der Waals surface area contributed by atoms with Gasteiger partial charge in [-0.2, -0.15) is 0 Å². The smallest absolute Gasteiger partial charge is 0.247 e. The summed E-state index contributed by atoms with van der Waals surface area (Å²) < 4.78 is 5.14. The minimum absolute atomic E-state index is 0.109.